The van der Waals surface area contributed by atoms with Crippen LogP contribution in [0.5, 0.6) is 0 Å². The normalized spacial score (nSPS) is 10.3. The molecule has 0 aliphatic heterocycles. The number of halogens is 1. The average Bonchev–Trinajstić information content (AvgIpc) is 3.05. The van der Waals surface area contributed by atoms with E-state index in [1.54, 1.807) is 0 Å². The van der Waals surface area contributed by atoms with E-state index in [0.29, 0.717) is 5.11 Å². The minimum absolute atomic E-state index is 0.578. The van der Waals surface area contributed by atoms with Crippen molar-refractivity contribution in [2.45, 2.75) is 0 Å². The fourth-order valence-electron chi connectivity index (χ4n) is 1.88. The van der Waals surface area contributed by atoms with E-state index in [4.69, 9.17) is 12.2 Å². The highest BCUT2D eigenvalue weighted by atomic mass is 79.9. The molecule has 1 N–H and O–H groups in total. The van der Waals surface area contributed by atoms with Crippen LogP contribution < -0.4 is 10.2 Å². The summed E-state index contributed by atoms with van der Waals surface area (Å²) in [5.74, 6) is 0. The summed E-state index contributed by atoms with van der Waals surface area (Å²) in [7, 11) is 1.88. The van der Waals surface area contributed by atoms with Crippen LogP contribution in [0.25, 0.3) is 10.6 Å². The number of rotatable bonds is 3. The number of hydrogen-bond donors (Lipinski definition) is 1. The van der Waals surface area contributed by atoms with Gasteiger partial charge in [-0.3, -0.25) is 4.90 Å². The van der Waals surface area contributed by atoms with Crippen molar-refractivity contribution in [3.05, 3.63) is 59.1 Å². The van der Waals surface area contributed by atoms with Crippen LogP contribution in [-0.4, -0.2) is 22.4 Å². The van der Waals surface area contributed by atoms with Gasteiger partial charge >= 0.3 is 0 Å². The number of nitrogens with one attached hydrogen (secondary N) is 1. The monoisotopic (exact) mass is 404 g/mol. The SMILES string of the molecule is CN(C(=S)Nc1ccccc1)c1nnc(-c2ccc(Br)cc2)s1. The van der Waals surface area contributed by atoms with E-state index in [-0.39, 0.29) is 0 Å². The molecule has 0 radical (unpaired) electrons. The second kappa shape index (κ2) is 7.16. The Hall–Kier alpha value is -1.83. The maximum Gasteiger partial charge on any atom is 0.214 e. The third kappa shape index (κ3) is 3.93. The zero-order chi connectivity index (χ0) is 16.2. The predicted octanol–water partition coefficient (Wildman–Crippen LogP) is 4.80. The first-order valence-corrected chi connectivity index (χ1v) is 8.84. The van der Waals surface area contributed by atoms with E-state index in [1.807, 2.05) is 66.5 Å². The first-order chi connectivity index (χ1) is 11.1. The second-order valence-corrected chi connectivity index (χ2v) is 7.01. The summed E-state index contributed by atoms with van der Waals surface area (Å²) < 4.78 is 1.04. The van der Waals surface area contributed by atoms with Gasteiger partial charge < -0.3 is 5.32 Å². The molecule has 1 aromatic heterocycles. The fraction of sp³-hybridized carbons (Fsp3) is 0.0625. The van der Waals surface area contributed by atoms with Gasteiger partial charge in [-0.1, -0.05) is 57.6 Å². The van der Waals surface area contributed by atoms with Crippen molar-refractivity contribution >= 4 is 55.4 Å². The summed E-state index contributed by atoms with van der Waals surface area (Å²) in [5.41, 5.74) is 1.98. The number of nitrogens with zero attached hydrogens (tertiary/aromatic N) is 3. The van der Waals surface area contributed by atoms with E-state index in [0.717, 1.165) is 25.9 Å². The molecule has 1 heterocycles. The Morgan fingerprint density at radius 2 is 1.78 bits per heavy atom. The van der Waals surface area contributed by atoms with Crippen molar-refractivity contribution < 1.29 is 0 Å². The van der Waals surface area contributed by atoms with Crippen LogP contribution in [-0.2, 0) is 0 Å². The van der Waals surface area contributed by atoms with Crippen molar-refractivity contribution in [3.63, 3.8) is 0 Å². The number of para-hydroxylation sites is 1. The smallest absolute Gasteiger partial charge is 0.214 e. The van der Waals surface area contributed by atoms with E-state index < -0.39 is 0 Å². The Balaban J connectivity index is 1.74. The summed E-state index contributed by atoms with van der Waals surface area (Å²) in [6.07, 6.45) is 0. The third-order valence-corrected chi connectivity index (χ3v) is 5.08. The lowest BCUT2D eigenvalue weighted by molar-refractivity contribution is 1.06. The molecule has 0 aliphatic carbocycles. The molecule has 7 heteroatoms. The number of hydrogen-bond acceptors (Lipinski definition) is 4. The molecule has 2 aromatic carbocycles. The second-order valence-electron chi connectivity index (χ2n) is 4.75. The Kier molecular flexibility index (Phi) is 5.00. The van der Waals surface area contributed by atoms with Gasteiger partial charge in [0.25, 0.3) is 0 Å². The highest BCUT2D eigenvalue weighted by molar-refractivity contribution is 9.10. The molecule has 23 heavy (non-hydrogen) atoms. The van der Waals surface area contributed by atoms with Gasteiger partial charge in [-0.05, 0) is 36.5 Å². The minimum Gasteiger partial charge on any atom is -0.332 e. The van der Waals surface area contributed by atoms with Gasteiger partial charge in [0, 0.05) is 22.8 Å². The molecule has 0 saturated heterocycles. The number of thiocarbonyl (C=S) groups is 1. The van der Waals surface area contributed by atoms with Crippen LogP contribution in [0.15, 0.2) is 59.1 Å². The van der Waals surface area contributed by atoms with Gasteiger partial charge in [0.2, 0.25) is 5.13 Å². The first kappa shape index (κ1) is 16.0. The molecule has 0 aliphatic rings. The zero-order valence-electron chi connectivity index (χ0n) is 12.2. The standard InChI is InChI=1S/C16H13BrN4S2/c1-21(15(22)18-13-5-3-2-4-6-13)16-20-19-14(23-16)11-7-9-12(17)10-8-11/h2-10H,1H3,(H,18,22). The van der Waals surface area contributed by atoms with E-state index in [1.165, 1.54) is 11.3 Å². The van der Waals surface area contributed by atoms with Crippen molar-refractivity contribution in [1.29, 1.82) is 0 Å². The van der Waals surface area contributed by atoms with E-state index in [2.05, 4.69) is 31.4 Å². The molecule has 0 fully saturated rings. The molecule has 0 unspecified atom stereocenters. The highest BCUT2D eigenvalue weighted by Crippen LogP contribution is 2.29. The minimum atomic E-state index is 0.578. The van der Waals surface area contributed by atoms with Crippen molar-refractivity contribution in [2.24, 2.45) is 0 Å². The maximum atomic E-state index is 5.43. The molecular formula is C16H13BrN4S2. The van der Waals surface area contributed by atoms with Crippen LogP contribution in [0.3, 0.4) is 0 Å². The first-order valence-electron chi connectivity index (χ1n) is 6.83. The quantitative estimate of drug-likeness (QED) is 0.634. The lowest BCUT2D eigenvalue weighted by Gasteiger charge is -2.17. The molecule has 0 amide bonds. The lowest BCUT2D eigenvalue weighted by atomic mass is 10.2. The molecule has 3 aromatic rings. The predicted molar refractivity (Wildman–Crippen MR) is 104 cm³/mol. The maximum absolute atomic E-state index is 5.43. The van der Waals surface area contributed by atoms with E-state index >= 15 is 0 Å². The number of anilines is 2. The Bertz CT molecular complexity index is 802. The molecule has 0 atom stereocenters. The largest absolute Gasteiger partial charge is 0.332 e. The molecular weight excluding hydrogens is 392 g/mol. The Morgan fingerprint density at radius 1 is 1.09 bits per heavy atom. The zero-order valence-corrected chi connectivity index (χ0v) is 15.5. The summed E-state index contributed by atoms with van der Waals surface area (Å²) in [6.45, 7) is 0. The summed E-state index contributed by atoms with van der Waals surface area (Å²) in [5, 5.41) is 13.9. The summed E-state index contributed by atoms with van der Waals surface area (Å²) in [6, 6.07) is 17.8. The van der Waals surface area contributed by atoms with E-state index in [9.17, 15) is 0 Å². The van der Waals surface area contributed by atoms with Gasteiger partial charge in [0.05, 0.1) is 0 Å². The summed E-state index contributed by atoms with van der Waals surface area (Å²) >= 11 is 10.4. The lowest BCUT2D eigenvalue weighted by Crippen LogP contribution is -2.30. The van der Waals surface area contributed by atoms with Crippen LogP contribution in [0.2, 0.25) is 0 Å². The van der Waals surface area contributed by atoms with Gasteiger partial charge in [0.1, 0.15) is 5.01 Å². The molecule has 0 spiro atoms. The average molecular weight is 405 g/mol. The topological polar surface area (TPSA) is 41.0 Å². The van der Waals surface area contributed by atoms with Gasteiger partial charge in [0.15, 0.2) is 5.11 Å². The highest BCUT2D eigenvalue weighted by Gasteiger charge is 2.14. The van der Waals surface area contributed by atoms with Crippen LogP contribution in [0, 0.1) is 0 Å². The van der Waals surface area contributed by atoms with Crippen molar-refractivity contribution in [1.82, 2.24) is 10.2 Å². The number of benzene rings is 2. The van der Waals surface area contributed by atoms with Crippen LogP contribution in [0.4, 0.5) is 10.8 Å². The van der Waals surface area contributed by atoms with Gasteiger partial charge in [-0.25, -0.2) is 0 Å². The Morgan fingerprint density at radius 3 is 2.48 bits per heavy atom. The van der Waals surface area contributed by atoms with Crippen molar-refractivity contribution in [2.75, 3.05) is 17.3 Å². The fourth-order valence-corrected chi connectivity index (χ4v) is 3.22. The molecule has 4 nitrogen and oxygen atoms in total. The summed E-state index contributed by atoms with van der Waals surface area (Å²) in [4.78, 5) is 1.82. The molecule has 116 valence electrons. The third-order valence-electron chi connectivity index (χ3n) is 3.12. The van der Waals surface area contributed by atoms with Crippen LogP contribution >= 0.6 is 39.5 Å². The molecule has 0 saturated carbocycles. The van der Waals surface area contributed by atoms with Crippen molar-refractivity contribution in [3.8, 4) is 10.6 Å². The molecule has 3 rings (SSSR count). The van der Waals surface area contributed by atoms with Gasteiger partial charge in [-0.2, -0.15) is 0 Å². The van der Waals surface area contributed by atoms with Gasteiger partial charge in [-0.15, -0.1) is 10.2 Å². The number of aromatic nitrogens is 2. The van der Waals surface area contributed by atoms with Crippen LogP contribution in [0.1, 0.15) is 0 Å². The Labute approximate surface area is 152 Å². The molecule has 0 bridgehead atoms.